The Kier molecular flexibility index (Phi) is 5.95. The van der Waals surface area contributed by atoms with E-state index in [2.05, 4.69) is 20.8 Å². The molecule has 1 saturated heterocycles. The molecule has 0 aromatic carbocycles. The van der Waals surface area contributed by atoms with Crippen LogP contribution in [0, 0.1) is 0 Å². The molecular weight excluding hydrogens is 482 g/mol. The van der Waals surface area contributed by atoms with Gasteiger partial charge in [-0.15, -0.1) is 16.9 Å². The number of nitrogens with two attached hydrogens (primary N) is 1. The lowest BCUT2D eigenvalue weighted by atomic mass is 9.99. The number of amides is 2. The van der Waals surface area contributed by atoms with E-state index in [9.17, 15) is 19.5 Å². The summed E-state index contributed by atoms with van der Waals surface area (Å²) in [6.45, 7) is 0. The number of fused-ring (bicyclic) bond motifs is 2. The molecule has 1 aliphatic carbocycles. The van der Waals surface area contributed by atoms with Crippen LogP contribution in [-0.2, 0) is 26.2 Å². The number of aliphatic carboxylic acids is 1. The van der Waals surface area contributed by atoms with Crippen molar-refractivity contribution in [3.05, 3.63) is 46.6 Å². The molecule has 0 saturated carbocycles. The molecule has 34 heavy (non-hydrogen) atoms. The molecule has 4 aliphatic rings. The highest BCUT2D eigenvalue weighted by Crippen LogP contribution is 2.42. The lowest BCUT2D eigenvalue weighted by Crippen LogP contribution is -2.71. The first-order chi connectivity index (χ1) is 16.4. The van der Waals surface area contributed by atoms with Gasteiger partial charge in [0.2, 0.25) is 11.1 Å². The number of carboxylic acids is 1. The smallest absolute Gasteiger partial charge is 0.352 e. The molecule has 3 aliphatic heterocycles. The lowest BCUT2D eigenvalue weighted by Gasteiger charge is -2.49. The summed E-state index contributed by atoms with van der Waals surface area (Å²) in [6, 6.07) is -1.73. The second-order valence-electron chi connectivity index (χ2n) is 8.03. The third-order valence-corrected chi connectivity index (χ3v) is 8.48. The molecule has 4 heterocycles. The van der Waals surface area contributed by atoms with E-state index in [1.54, 1.807) is 19.4 Å². The number of tetrazole rings is 1. The minimum Gasteiger partial charge on any atom is -0.477 e. The number of aryl methyl sites for hydroxylation is 1. The van der Waals surface area contributed by atoms with Gasteiger partial charge < -0.3 is 20.9 Å². The van der Waals surface area contributed by atoms with Crippen LogP contribution < -0.4 is 11.1 Å². The number of allylic oxidation sites excluding steroid dienone is 3. The van der Waals surface area contributed by atoms with E-state index < -0.39 is 35.2 Å². The van der Waals surface area contributed by atoms with Gasteiger partial charge in [0, 0.05) is 18.6 Å². The predicted molar refractivity (Wildman–Crippen MR) is 122 cm³/mol. The van der Waals surface area contributed by atoms with Crippen molar-refractivity contribution in [3.8, 4) is 0 Å². The summed E-state index contributed by atoms with van der Waals surface area (Å²) >= 11 is 2.70. The SMILES string of the molecule is Cn1nnnc1SCC1=C(C(=O)O)N2C(=O)C(NC(=O)C(N)C3=C4C=COC=C4CC3)C2SC1. The van der Waals surface area contributed by atoms with Crippen LogP contribution >= 0.6 is 23.5 Å². The summed E-state index contributed by atoms with van der Waals surface area (Å²) < 4.78 is 6.67. The van der Waals surface area contributed by atoms with Gasteiger partial charge in [0.1, 0.15) is 23.2 Å². The van der Waals surface area contributed by atoms with Crippen LogP contribution in [0.25, 0.3) is 0 Å². The zero-order valence-corrected chi connectivity index (χ0v) is 19.6. The number of hydrogen-bond acceptors (Lipinski definition) is 10. The maximum Gasteiger partial charge on any atom is 0.352 e. The van der Waals surface area contributed by atoms with E-state index >= 15 is 0 Å². The molecule has 0 radical (unpaired) electrons. The molecular formula is C20H21N7O5S2. The summed E-state index contributed by atoms with van der Waals surface area (Å²) in [4.78, 5) is 39.1. The van der Waals surface area contributed by atoms with Crippen LogP contribution in [0.15, 0.2) is 51.7 Å². The molecule has 1 fully saturated rings. The second-order valence-corrected chi connectivity index (χ2v) is 10.1. The molecule has 0 bridgehead atoms. The van der Waals surface area contributed by atoms with Crippen molar-refractivity contribution in [3.63, 3.8) is 0 Å². The number of hydrogen-bond donors (Lipinski definition) is 3. The van der Waals surface area contributed by atoms with Crippen LogP contribution in [0.4, 0.5) is 0 Å². The van der Waals surface area contributed by atoms with Crippen LogP contribution in [0.3, 0.4) is 0 Å². The molecule has 14 heteroatoms. The van der Waals surface area contributed by atoms with Crippen molar-refractivity contribution >= 4 is 41.3 Å². The Morgan fingerprint density at radius 3 is 3.00 bits per heavy atom. The minimum absolute atomic E-state index is 0.0472. The number of carbonyl (C=O) groups is 3. The molecule has 5 rings (SSSR count). The predicted octanol–water partition coefficient (Wildman–Crippen LogP) is -0.114. The maximum atomic E-state index is 12.9. The highest BCUT2D eigenvalue weighted by molar-refractivity contribution is 8.01. The van der Waals surface area contributed by atoms with E-state index in [1.807, 2.05) is 0 Å². The van der Waals surface area contributed by atoms with Crippen LogP contribution in [0.1, 0.15) is 12.8 Å². The highest BCUT2D eigenvalue weighted by atomic mass is 32.2. The van der Waals surface area contributed by atoms with Crippen molar-refractivity contribution in [2.24, 2.45) is 12.8 Å². The molecule has 0 spiro atoms. The second kappa shape index (κ2) is 8.92. The van der Waals surface area contributed by atoms with Gasteiger partial charge in [-0.25, -0.2) is 9.48 Å². The molecule has 3 atom stereocenters. The van der Waals surface area contributed by atoms with E-state index in [0.717, 1.165) is 23.1 Å². The third-order valence-electron chi connectivity index (χ3n) is 6.04. The number of nitrogens with one attached hydrogen (secondary N) is 1. The van der Waals surface area contributed by atoms with Gasteiger partial charge in [0.15, 0.2) is 0 Å². The Morgan fingerprint density at radius 2 is 2.26 bits per heavy atom. The van der Waals surface area contributed by atoms with Crippen LogP contribution in [0.5, 0.6) is 0 Å². The number of carbonyl (C=O) groups excluding carboxylic acids is 2. The lowest BCUT2D eigenvalue weighted by molar-refractivity contribution is -0.150. The Bertz CT molecular complexity index is 1200. The largest absolute Gasteiger partial charge is 0.477 e. The number of aromatic nitrogens is 4. The topological polar surface area (TPSA) is 166 Å². The number of rotatable bonds is 7. The minimum atomic E-state index is -1.18. The fourth-order valence-electron chi connectivity index (χ4n) is 4.32. The molecule has 12 nitrogen and oxygen atoms in total. The molecule has 178 valence electrons. The average molecular weight is 504 g/mol. The first-order valence-electron chi connectivity index (χ1n) is 10.4. The first kappa shape index (κ1) is 22.7. The summed E-state index contributed by atoms with van der Waals surface area (Å²) in [5.41, 5.74) is 9.48. The monoisotopic (exact) mass is 503 g/mol. The maximum absolute atomic E-state index is 12.9. The van der Waals surface area contributed by atoms with E-state index in [0.29, 0.717) is 28.7 Å². The normalized spacial score (nSPS) is 24.2. The zero-order chi connectivity index (χ0) is 24.0. The quantitative estimate of drug-likeness (QED) is 0.336. The zero-order valence-electron chi connectivity index (χ0n) is 18.0. The Balaban J connectivity index is 1.28. The standard InChI is InChI=1S/C20H21N7O5S2/c1-26-20(23-24-25-26)34-8-10-7-33-18-14(17(29)27(18)15(10)19(30)31)22-16(28)13(21)12-3-2-9-6-32-5-4-11(9)12/h4-6,13-14,18H,2-3,7-8,21H2,1H3,(H,22,28)(H,30,31). The van der Waals surface area contributed by atoms with Gasteiger partial charge in [0.25, 0.3) is 5.91 Å². The molecule has 2 amide bonds. The Morgan fingerprint density at radius 1 is 1.44 bits per heavy atom. The molecule has 3 unspecified atom stereocenters. The van der Waals surface area contributed by atoms with Crippen LogP contribution in [-0.4, -0.2) is 77.0 Å². The highest BCUT2D eigenvalue weighted by Gasteiger charge is 2.54. The van der Waals surface area contributed by atoms with Crippen molar-refractivity contribution < 1.29 is 24.2 Å². The van der Waals surface area contributed by atoms with Gasteiger partial charge in [0.05, 0.1) is 12.5 Å². The van der Waals surface area contributed by atoms with Gasteiger partial charge in [-0.3, -0.25) is 14.5 Å². The van der Waals surface area contributed by atoms with Gasteiger partial charge in [-0.2, -0.15) is 0 Å². The van der Waals surface area contributed by atoms with Gasteiger partial charge in [-0.1, -0.05) is 11.8 Å². The fourth-order valence-corrected chi connectivity index (χ4v) is 6.66. The van der Waals surface area contributed by atoms with Gasteiger partial charge in [-0.05, 0) is 51.6 Å². The van der Waals surface area contributed by atoms with Gasteiger partial charge >= 0.3 is 5.97 Å². The Labute approximate surface area is 202 Å². The van der Waals surface area contributed by atoms with Crippen molar-refractivity contribution in [1.82, 2.24) is 30.4 Å². The number of ether oxygens (including phenoxy) is 1. The first-order valence-corrected chi connectivity index (χ1v) is 12.5. The summed E-state index contributed by atoms with van der Waals surface area (Å²) in [5, 5.41) is 23.8. The summed E-state index contributed by atoms with van der Waals surface area (Å²) in [5.74, 6) is -1.38. The summed E-state index contributed by atoms with van der Waals surface area (Å²) in [6.07, 6.45) is 6.36. The number of β-lactam (4-membered cyclic amide) rings is 1. The summed E-state index contributed by atoms with van der Waals surface area (Å²) in [7, 11) is 1.69. The number of nitrogens with zero attached hydrogens (tertiary/aromatic N) is 5. The van der Waals surface area contributed by atoms with Crippen molar-refractivity contribution in [1.29, 1.82) is 0 Å². The van der Waals surface area contributed by atoms with Crippen molar-refractivity contribution in [2.75, 3.05) is 11.5 Å². The van der Waals surface area contributed by atoms with E-state index in [1.165, 1.54) is 39.4 Å². The molecule has 4 N–H and O–H groups in total. The molecule has 1 aromatic rings. The fraction of sp³-hybridized carbons (Fsp3) is 0.400. The number of thioether (sulfide) groups is 2. The third kappa shape index (κ3) is 3.80. The van der Waals surface area contributed by atoms with Crippen molar-refractivity contribution in [2.45, 2.75) is 35.5 Å². The molecule has 1 aromatic heterocycles. The Hall–Kier alpha value is -3.10. The van der Waals surface area contributed by atoms with E-state index in [4.69, 9.17) is 10.5 Å². The van der Waals surface area contributed by atoms with E-state index in [-0.39, 0.29) is 5.70 Å². The number of carboxylic acid groups (broad SMARTS) is 1. The average Bonchev–Trinajstić information content (AvgIpc) is 3.45. The van der Waals surface area contributed by atoms with Crippen LogP contribution in [0.2, 0.25) is 0 Å².